The minimum absolute atomic E-state index is 0.142. The van der Waals surface area contributed by atoms with Crippen LogP contribution in [0.4, 0.5) is 10.9 Å². The van der Waals surface area contributed by atoms with Gasteiger partial charge in [0.15, 0.2) is 5.13 Å². The van der Waals surface area contributed by atoms with Gasteiger partial charge >= 0.3 is 0 Å². The van der Waals surface area contributed by atoms with Gasteiger partial charge in [0.05, 0.1) is 0 Å². The van der Waals surface area contributed by atoms with E-state index in [-0.39, 0.29) is 5.91 Å². The summed E-state index contributed by atoms with van der Waals surface area (Å²) in [6, 6.07) is 0. The molecule has 7 heteroatoms. The lowest BCUT2D eigenvalue weighted by Crippen LogP contribution is -2.35. The molecule has 114 valence electrons. The van der Waals surface area contributed by atoms with Crippen molar-refractivity contribution in [3.8, 4) is 0 Å². The first-order valence-corrected chi connectivity index (χ1v) is 7.94. The van der Waals surface area contributed by atoms with Crippen LogP contribution in [0.25, 0.3) is 0 Å². The zero-order valence-corrected chi connectivity index (χ0v) is 13.3. The number of carbonyl (C=O) groups excluding carboxylic acids is 1. The molecule has 1 rings (SSSR count). The van der Waals surface area contributed by atoms with Gasteiger partial charge in [-0.05, 0) is 26.4 Å². The third-order valence-electron chi connectivity index (χ3n) is 2.89. The van der Waals surface area contributed by atoms with Crippen LogP contribution in [0, 0.1) is 0 Å². The lowest BCUT2D eigenvalue weighted by atomic mass is 10.4. The molecule has 0 spiro atoms. The maximum absolute atomic E-state index is 12.0. The largest absolute Gasteiger partial charge is 0.382 e. The number of hydrogen-bond acceptors (Lipinski definition) is 6. The molecular formula is C13H25N5OS. The van der Waals surface area contributed by atoms with E-state index < -0.39 is 0 Å². The van der Waals surface area contributed by atoms with Crippen LogP contribution in [0.5, 0.6) is 0 Å². The summed E-state index contributed by atoms with van der Waals surface area (Å²) in [7, 11) is 0. The van der Waals surface area contributed by atoms with Crippen molar-refractivity contribution in [1.82, 2.24) is 15.2 Å². The molecule has 0 atom stereocenters. The molecule has 0 aromatic carbocycles. The quantitative estimate of drug-likeness (QED) is 0.645. The summed E-state index contributed by atoms with van der Waals surface area (Å²) in [6.45, 7) is 10.6. The van der Waals surface area contributed by atoms with Gasteiger partial charge in [-0.25, -0.2) is 4.98 Å². The number of nitrogens with one attached hydrogen (secondary N) is 2. The first kappa shape index (κ1) is 16.7. The molecule has 1 aromatic heterocycles. The van der Waals surface area contributed by atoms with Gasteiger partial charge in [-0.2, -0.15) is 0 Å². The lowest BCUT2D eigenvalue weighted by Gasteiger charge is -2.19. The van der Waals surface area contributed by atoms with Crippen LogP contribution in [0.2, 0.25) is 0 Å². The first-order chi connectivity index (χ1) is 9.62. The zero-order chi connectivity index (χ0) is 15.0. The molecule has 0 unspecified atom stereocenters. The van der Waals surface area contributed by atoms with E-state index in [0.717, 1.165) is 32.6 Å². The van der Waals surface area contributed by atoms with Crippen LogP contribution in [-0.2, 0) is 0 Å². The van der Waals surface area contributed by atoms with Gasteiger partial charge in [0, 0.05) is 19.6 Å². The second-order valence-electron chi connectivity index (χ2n) is 4.45. The number of nitrogens with two attached hydrogens (primary N) is 1. The molecule has 4 N–H and O–H groups in total. The van der Waals surface area contributed by atoms with E-state index in [4.69, 9.17) is 5.73 Å². The topological polar surface area (TPSA) is 83.3 Å². The van der Waals surface area contributed by atoms with E-state index in [1.165, 1.54) is 11.3 Å². The normalized spacial score (nSPS) is 10.8. The molecule has 0 saturated heterocycles. The monoisotopic (exact) mass is 299 g/mol. The summed E-state index contributed by atoms with van der Waals surface area (Å²) in [6.07, 6.45) is 1.12. The molecule has 0 fully saturated rings. The Balaban J connectivity index is 2.46. The molecular weight excluding hydrogens is 274 g/mol. The Bertz CT molecular complexity index is 421. The van der Waals surface area contributed by atoms with Crippen LogP contribution in [0.1, 0.15) is 36.9 Å². The number of hydrogen-bond donors (Lipinski definition) is 3. The van der Waals surface area contributed by atoms with E-state index in [1.54, 1.807) is 0 Å². The van der Waals surface area contributed by atoms with Crippen LogP contribution >= 0.6 is 11.3 Å². The highest BCUT2D eigenvalue weighted by molar-refractivity contribution is 7.18. The highest BCUT2D eigenvalue weighted by atomic mass is 32.1. The zero-order valence-electron chi connectivity index (χ0n) is 12.5. The van der Waals surface area contributed by atoms with Gasteiger partial charge in [-0.15, -0.1) is 0 Å². The van der Waals surface area contributed by atoms with Gasteiger partial charge in [0.2, 0.25) is 0 Å². The second kappa shape index (κ2) is 8.76. The Morgan fingerprint density at radius 3 is 2.70 bits per heavy atom. The smallest absolute Gasteiger partial charge is 0.265 e. The molecule has 0 aliphatic heterocycles. The minimum atomic E-state index is -0.142. The highest BCUT2D eigenvalue weighted by Crippen LogP contribution is 2.24. The van der Waals surface area contributed by atoms with Crippen molar-refractivity contribution < 1.29 is 4.79 Å². The molecule has 0 radical (unpaired) electrons. The van der Waals surface area contributed by atoms with Gasteiger partial charge in [-0.1, -0.05) is 25.2 Å². The summed E-state index contributed by atoms with van der Waals surface area (Å²) in [5.74, 6) is 0.154. The van der Waals surface area contributed by atoms with Gasteiger partial charge < -0.3 is 21.3 Å². The Morgan fingerprint density at radius 1 is 1.35 bits per heavy atom. The van der Waals surface area contributed by atoms with Crippen LogP contribution < -0.4 is 16.4 Å². The van der Waals surface area contributed by atoms with Crippen molar-refractivity contribution in [2.45, 2.75) is 27.2 Å². The number of thiazole rings is 1. The van der Waals surface area contributed by atoms with Crippen LogP contribution in [-0.4, -0.2) is 48.5 Å². The molecule has 1 amide bonds. The first-order valence-electron chi connectivity index (χ1n) is 7.13. The van der Waals surface area contributed by atoms with Gasteiger partial charge in [0.25, 0.3) is 5.91 Å². The maximum Gasteiger partial charge on any atom is 0.265 e. The number of carbonyl (C=O) groups is 1. The predicted molar refractivity (Wildman–Crippen MR) is 85.4 cm³/mol. The molecule has 1 aromatic rings. The fourth-order valence-electron chi connectivity index (χ4n) is 1.87. The number of likely N-dealkylation sites (N-methyl/N-ethyl adjacent to an activating group) is 1. The Hall–Kier alpha value is -1.34. The van der Waals surface area contributed by atoms with Gasteiger partial charge in [-0.3, -0.25) is 4.79 Å². The van der Waals surface area contributed by atoms with Crippen LogP contribution in [0.3, 0.4) is 0 Å². The van der Waals surface area contributed by atoms with Crippen molar-refractivity contribution in [2.24, 2.45) is 0 Å². The molecule has 0 bridgehead atoms. The van der Waals surface area contributed by atoms with Crippen molar-refractivity contribution in [3.63, 3.8) is 0 Å². The third kappa shape index (κ3) is 4.97. The molecule has 0 saturated carbocycles. The van der Waals surface area contributed by atoms with Crippen molar-refractivity contribution in [1.29, 1.82) is 0 Å². The van der Waals surface area contributed by atoms with Gasteiger partial charge in [0.1, 0.15) is 10.7 Å². The fraction of sp³-hybridized carbons (Fsp3) is 0.692. The van der Waals surface area contributed by atoms with Crippen molar-refractivity contribution in [2.75, 3.05) is 43.8 Å². The van der Waals surface area contributed by atoms with E-state index in [9.17, 15) is 4.79 Å². The Labute approximate surface area is 124 Å². The summed E-state index contributed by atoms with van der Waals surface area (Å²) >= 11 is 1.29. The maximum atomic E-state index is 12.0. The van der Waals surface area contributed by atoms with Crippen LogP contribution in [0.15, 0.2) is 0 Å². The van der Waals surface area contributed by atoms with Crippen molar-refractivity contribution in [3.05, 3.63) is 4.88 Å². The van der Waals surface area contributed by atoms with E-state index in [0.29, 0.717) is 22.4 Å². The molecule has 0 aliphatic rings. The minimum Gasteiger partial charge on any atom is -0.382 e. The predicted octanol–water partition coefficient (Wildman–Crippen LogP) is 1.62. The third-order valence-corrected chi connectivity index (χ3v) is 3.92. The number of nitrogens with zero attached hydrogens (tertiary/aromatic N) is 2. The van der Waals surface area contributed by atoms with Crippen molar-refractivity contribution >= 4 is 28.2 Å². The highest BCUT2D eigenvalue weighted by Gasteiger charge is 2.15. The Morgan fingerprint density at radius 2 is 2.10 bits per heavy atom. The summed E-state index contributed by atoms with van der Waals surface area (Å²) < 4.78 is 0. The number of anilines is 2. The molecule has 1 heterocycles. The fourth-order valence-corrected chi connectivity index (χ4v) is 2.74. The van der Waals surface area contributed by atoms with E-state index >= 15 is 0 Å². The van der Waals surface area contributed by atoms with E-state index in [2.05, 4.69) is 34.4 Å². The summed E-state index contributed by atoms with van der Waals surface area (Å²) in [5.41, 5.74) is 5.77. The number of rotatable bonds is 9. The lowest BCUT2D eigenvalue weighted by molar-refractivity contribution is 0.0953. The standard InChI is InChI=1S/C13H25N5OS/c1-4-8-18(6-3)9-7-16-12(19)10-11(14)17-13(20-10)15-5-2/h4-9,14H2,1-3H3,(H,15,17)(H,16,19). The average Bonchev–Trinajstić information content (AvgIpc) is 2.79. The molecule has 0 aliphatic carbocycles. The number of nitrogen functional groups attached to an aromatic ring is 1. The summed E-state index contributed by atoms with van der Waals surface area (Å²) in [4.78, 5) is 19.0. The Kier molecular flexibility index (Phi) is 7.32. The van der Waals surface area contributed by atoms with E-state index in [1.807, 2.05) is 6.92 Å². The SMILES string of the molecule is CCCN(CC)CCNC(=O)c1sc(NCC)nc1N. The summed E-state index contributed by atoms with van der Waals surface area (Å²) in [5, 5.41) is 6.65. The molecule has 6 nitrogen and oxygen atoms in total. The number of aromatic nitrogens is 1. The molecule has 20 heavy (non-hydrogen) atoms. The second-order valence-corrected chi connectivity index (χ2v) is 5.45. The number of amides is 1. The average molecular weight is 299 g/mol.